The van der Waals surface area contributed by atoms with E-state index in [0.29, 0.717) is 6.04 Å². The van der Waals surface area contributed by atoms with Gasteiger partial charge in [0.25, 0.3) is 0 Å². The fraction of sp³-hybridized carbons (Fsp3) is 0.714. The highest BCUT2D eigenvalue weighted by Crippen LogP contribution is 2.40. The average Bonchev–Trinajstić information content (AvgIpc) is 2.92. The van der Waals surface area contributed by atoms with Gasteiger partial charge in [0.1, 0.15) is 0 Å². The maximum atomic E-state index is 3.76. The van der Waals surface area contributed by atoms with E-state index < -0.39 is 0 Å². The summed E-state index contributed by atoms with van der Waals surface area (Å²) in [5.74, 6) is 0.853. The lowest BCUT2D eigenvalue weighted by atomic mass is 9.96. The Hall–Kier alpha value is 0.140. The molecule has 1 heterocycles. The molecule has 0 spiro atoms. The van der Waals surface area contributed by atoms with E-state index in [1.165, 1.54) is 46.3 Å². The zero-order chi connectivity index (χ0) is 12.3. The minimum absolute atomic E-state index is 0.590. The third-order valence-corrected chi connectivity index (χ3v) is 5.89. The largest absolute Gasteiger partial charge is 0.309 e. The standard InChI is InChI=1S/C14H22BrNS/c1-3-8-16-14(11-6-4-5-7-11)13-9-12(15)10(2)17-13/h9,11,14,16H,3-8H2,1-2H3. The molecule has 1 N–H and O–H groups in total. The van der Waals surface area contributed by atoms with E-state index >= 15 is 0 Å². The van der Waals surface area contributed by atoms with Crippen LogP contribution in [-0.4, -0.2) is 6.54 Å². The quantitative estimate of drug-likeness (QED) is 0.801. The first-order valence-electron chi connectivity index (χ1n) is 6.71. The molecule has 0 saturated heterocycles. The van der Waals surface area contributed by atoms with E-state index in [-0.39, 0.29) is 0 Å². The summed E-state index contributed by atoms with van der Waals surface area (Å²) in [6.07, 6.45) is 6.85. The zero-order valence-electron chi connectivity index (χ0n) is 10.8. The van der Waals surface area contributed by atoms with Crippen LogP contribution < -0.4 is 5.32 Å². The summed E-state index contributed by atoms with van der Waals surface area (Å²) < 4.78 is 1.28. The van der Waals surface area contributed by atoms with Crippen molar-refractivity contribution >= 4 is 27.3 Å². The molecule has 17 heavy (non-hydrogen) atoms. The van der Waals surface area contributed by atoms with Gasteiger partial charge in [-0.2, -0.15) is 0 Å². The highest BCUT2D eigenvalue weighted by Gasteiger charge is 2.27. The molecule has 0 aliphatic heterocycles. The third-order valence-electron chi connectivity index (χ3n) is 3.67. The molecule has 0 bridgehead atoms. The summed E-state index contributed by atoms with van der Waals surface area (Å²) in [6.45, 7) is 5.58. The van der Waals surface area contributed by atoms with Gasteiger partial charge in [-0.05, 0) is 60.6 Å². The number of hydrogen-bond donors (Lipinski definition) is 1. The molecule has 1 atom stereocenters. The Morgan fingerprint density at radius 2 is 2.18 bits per heavy atom. The van der Waals surface area contributed by atoms with Crippen LogP contribution in [0.3, 0.4) is 0 Å². The second kappa shape index (κ2) is 6.35. The lowest BCUT2D eigenvalue weighted by Crippen LogP contribution is -2.27. The van der Waals surface area contributed by atoms with Crippen LogP contribution in [0.1, 0.15) is 54.8 Å². The molecule has 96 valence electrons. The van der Waals surface area contributed by atoms with Gasteiger partial charge in [0.05, 0.1) is 0 Å². The van der Waals surface area contributed by atoms with Crippen LogP contribution >= 0.6 is 27.3 Å². The van der Waals surface area contributed by atoms with E-state index in [1.807, 2.05) is 11.3 Å². The van der Waals surface area contributed by atoms with Crippen molar-refractivity contribution in [3.63, 3.8) is 0 Å². The zero-order valence-corrected chi connectivity index (χ0v) is 13.2. The van der Waals surface area contributed by atoms with Crippen molar-refractivity contribution < 1.29 is 0 Å². The first-order valence-corrected chi connectivity index (χ1v) is 8.32. The SMILES string of the molecule is CCCNC(c1cc(Br)c(C)s1)C1CCCC1. The second-order valence-corrected chi connectivity index (χ2v) is 7.17. The maximum absolute atomic E-state index is 3.76. The summed E-state index contributed by atoms with van der Waals surface area (Å²) in [4.78, 5) is 2.93. The molecular formula is C14H22BrNS. The number of rotatable bonds is 5. The van der Waals surface area contributed by atoms with Crippen LogP contribution in [0.5, 0.6) is 0 Å². The minimum Gasteiger partial charge on any atom is -0.309 e. The van der Waals surface area contributed by atoms with Crippen molar-refractivity contribution in [1.29, 1.82) is 0 Å². The van der Waals surface area contributed by atoms with Crippen molar-refractivity contribution in [2.75, 3.05) is 6.54 Å². The predicted octanol–water partition coefficient (Wildman–Crippen LogP) is 5.05. The first kappa shape index (κ1) is 13.6. The van der Waals surface area contributed by atoms with Crippen LogP contribution in [0.4, 0.5) is 0 Å². The van der Waals surface area contributed by atoms with E-state index in [2.05, 4.69) is 41.2 Å². The van der Waals surface area contributed by atoms with Crippen molar-refractivity contribution in [3.05, 3.63) is 20.3 Å². The van der Waals surface area contributed by atoms with Crippen molar-refractivity contribution in [1.82, 2.24) is 5.32 Å². The first-order chi connectivity index (χ1) is 8.22. The molecule has 1 unspecified atom stereocenters. The molecule has 1 nitrogen and oxygen atoms in total. The Labute approximate surface area is 117 Å². The number of hydrogen-bond acceptors (Lipinski definition) is 2. The van der Waals surface area contributed by atoms with Gasteiger partial charge in [0, 0.05) is 20.3 Å². The molecule has 0 amide bonds. The maximum Gasteiger partial charge on any atom is 0.0443 e. The smallest absolute Gasteiger partial charge is 0.0443 e. The molecule has 0 radical (unpaired) electrons. The monoisotopic (exact) mass is 315 g/mol. The van der Waals surface area contributed by atoms with Gasteiger partial charge in [-0.25, -0.2) is 0 Å². The van der Waals surface area contributed by atoms with Crippen LogP contribution in [0.25, 0.3) is 0 Å². The van der Waals surface area contributed by atoms with Crippen molar-refractivity contribution in [2.45, 2.75) is 52.0 Å². The fourth-order valence-electron chi connectivity index (χ4n) is 2.72. The molecule has 1 aliphatic rings. The van der Waals surface area contributed by atoms with Gasteiger partial charge in [0.2, 0.25) is 0 Å². The lowest BCUT2D eigenvalue weighted by molar-refractivity contribution is 0.373. The van der Waals surface area contributed by atoms with Gasteiger partial charge >= 0.3 is 0 Å². The van der Waals surface area contributed by atoms with Crippen LogP contribution in [0, 0.1) is 12.8 Å². The highest BCUT2D eigenvalue weighted by atomic mass is 79.9. The highest BCUT2D eigenvalue weighted by molar-refractivity contribution is 9.10. The normalized spacial score (nSPS) is 18.8. The summed E-state index contributed by atoms with van der Waals surface area (Å²) in [6, 6.07) is 2.92. The summed E-state index contributed by atoms with van der Waals surface area (Å²) >= 11 is 5.59. The molecule has 1 aromatic rings. The van der Waals surface area contributed by atoms with Crippen LogP contribution in [-0.2, 0) is 0 Å². The minimum atomic E-state index is 0.590. The number of halogens is 1. The van der Waals surface area contributed by atoms with Crippen LogP contribution in [0.15, 0.2) is 10.5 Å². The number of thiophene rings is 1. The van der Waals surface area contributed by atoms with Gasteiger partial charge in [-0.3, -0.25) is 0 Å². The van der Waals surface area contributed by atoms with Crippen LogP contribution in [0.2, 0.25) is 0 Å². The molecule has 1 aliphatic carbocycles. The number of nitrogens with one attached hydrogen (secondary N) is 1. The summed E-state index contributed by atoms with van der Waals surface area (Å²) in [5.41, 5.74) is 0. The lowest BCUT2D eigenvalue weighted by Gasteiger charge is -2.23. The Balaban J connectivity index is 2.13. The summed E-state index contributed by atoms with van der Waals surface area (Å²) in [5, 5.41) is 3.76. The second-order valence-electron chi connectivity index (χ2n) is 5.03. The Kier molecular flexibility index (Phi) is 5.07. The molecule has 1 aromatic heterocycles. The van der Waals surface area contributed by atoms with E-state index in [4.69, 9.17) is 0 Å². The molecule has 1 saturated carbocycles. The molecule has 2 rings (SSSR count). The van der Waals surface area contributed by atoms with Gasteiger partial charge in [0.15, 0.2) is 0 Å². The van der Waals surface area contributed by atoms with Crippen molar-refractivity contribution in [3.8, 4) is 0 Å². The topological polar surface area (TPSA) is 12.0 Å². The Morgan fingerprint density at radius 3 is 2.71 bits per heavy atom. The molecular weight excluding hydrogens is 294 g/mol. The van der Waals surface area contributed by atoms with E-state index in [1.54, 1.807) is 0 Å². The van der Waals surface area contributed by atoms with Gasteiger partial charge in [-0.1, -0.05) is 19.8 Å². The molecule has 1 fully saturated rings. The fourth-order valence-corrected chi connectivity index (χ4v) is 4.46. The Bertz CT molecular complexity index is 336. The van der Waals surface area contributed by atoms with E-state index in [0.717, 1.165) is 12.5 Å². The van der Waals surface area contributed by atoms with E-state index in [9.17, 15) is 0 Å². The Morgan fingerprint density at radius 1 is 1.47 bits per heavy atom. The molecule has 3 heteroatoms. The number of aryl methyl sites for hydroxylation is 1. The van der Waals surface area contributed by atoms with Crippen molar-refractivity contribution in [2.24, 2.45) is 5.92 Å². The van der Waals surface area contributed by atoms with Gasteiger partial charge in [-0.15, -0.1) is 11.3 Å². The predicted molar refractivity (Wildman–Crippen MR) is 79.7 cm³/mol. The summed E-state index contributed by atoms with van der Waals surface area (Å²) in [7, 11) is 0. The third kappa shape index (κ3) is 3.33. The average molecular weight is 316 g/mol. The molecule has 0 aromatic carbocycles. The van der Waals surface area contributed by atoms with Gasteiger partial charge < -0.3 is 5.32 Å².